The molecule has 1 aromatic heterocycles. The maximum absolute atomic E-state index is 11.3. The predicted molar refractivity (Wildman–Crippen MR) is 55.6 cm³/mol. The lowest BCUT2D eigenvalue weighted by Gasteiger charge is -2.12. The Morgan fingerprint density at radius 1 is 1.53 bits per heavy atom. The van der Waals surface area contributed by atoms with Crippen LogP contribution in [0, 0.1) is 0 Å². The van der Waals surface area contributed by atoms with E-state index in [0.29, 0.717) is 18.1 Å². The van der Waals surface area contributed by atoms with Crippen molar-refractivity contribution in [3.05, 3.63) is 27.9 Å². The highest BCUT2D eigenvalue weighted by molar-refractivity contribution is 5.03. The van der Waals surface area contributed by atoms with Crippen molar-refractivity contribution in [2.75, 3.05) is 14.2 Å². The molecule has 0 aliphatic rings. The Labute approximate surface area is 88.4 Å². The fourth-order valence-electron chi connectivity index (χ4n) is 1.37. The minimum absolute atomic E-state index is 0.172. The van der Waals surface area contributed by atoms with Crippen molar-refractivity contribution in [2.24, 2.45) is 0 Å². The van der Waals surface area contributed by atoms with E-state index in [4.69, 9.17) is 9.47 Å². The van der Waals surface area contributed by atoms with Crippen molar-refractivity contribution in [1.29, 1.82) is 0 Å². The molecule has 0 aliphatic heterocycles. The van der Waals surface area contributed by atoms with Gasteiger partial charge in [-0.3, -0.25) is 4.79 Å². The maximum Gasteiger partial charge on any atom is 0.251 e. The monoisotopic (exact) mass is 212 g/mol. The van der Waals surface area contributed by atoms with Crippen molar-refractivity contribution in [2.45, 2.75) is 26.1 Å². The van der Waals surface area contributed by atoms with E-state index in [1.165, 1.54) is 6.07 Å². The first-order valence-electron chi connectivity index (χ1n) is 4.83. The molecule has 0 fully saturated rings. The molecular weight excluding hydrogens is 196 g/mol. The molecule has 15 heavy (non-hydrogen) atoms. The summed E-state index contributed by atoms with van der Waals surface area (Å²) in [6.07, 6.45) is 0.588. The number of nitrogens with zero attached hydrogens (tertiary/aromatic N) is 1. The van der Waals surface area contributed by atoms with Crippen LogP contribution in [0.4, 0.5) is 0 Å². The molecule has 0 spiro atoms. The molecule has 0 saturated carbocycles. The smallest absolute Gasteiger partial charge is 0.251 e. The van der Waals surface area contributed by atoms with Crippen LogP contribution in [0.1, 0.15) is 31.0 Å². The second kappa shape index (κ2) is 5.63. The number of H-pyrrole nitrogens is 1. The fourth-order valence-corrected chi connectivity index (χ4v) is 1.37. The number of rotatable bonds is 5. The van der Waals surface area contributed by atoms with Gasteiger partial charge in [0.1, 0.15) is 11.9 Å². The van der Waals surface area contributed by atoms with Crippen molar-refractivity contribution in [3.63, 3.8) is 0 Å². The van der Waals surface area contributed by atoms with Gasteiger partial charge in [0.2, 0.25) is 0 Å². The molecule has 1 unspecified atom stereocenters. The Morgan fingerprint density at radius 2 is 2.27 bits per heavy atom. The molecule has 1 heterocycles. The average molecular weight is 212 g/mol. The zero-order chi connectivity index (χ0) is 11.3. The quantitative estimate of drug-likeness (QED) is 0.791. The van der Waals surface area contributed by atoms with Crippen molar-refractivity contribution in [3.8, 4) is 0 Å². The molecule has 1 rings (SSSR count). The van der Waals surface area contributed by atoms with Gasteiger partial charge in [-0.1, -0.05) is 6.92 Å². The summed E-state index contributed by atoms with van der Waals surface area (Å²) in [6, 6.07) is 1.43. The number of aromatic nitrogens is 2. The minimum Gasteiger partial charge on any atom is -0.378 e. The van der Waals surface area contributed by atoms with Crippen molar-refractivity contribution in [1.82, 2.24) is 9.97 Å². The lowest BCUT2D eigenvalue weighted by Crippen LogP contribution is -2.16. The van der Waals surface area contributed by atoms with E-state index >= 15 is 0 Å². The molecule has 0 saturated heterocycles. The Morgan fingerprint density at radius 3 is 2.80 bits per heavy atom. The van der Waals surface area contributed by atoms with E-state index in [0.717, 1.165) is 6.42 Å². The molecule has 1 atom stereocenters. The first-order chi connectivity index (χ1) is 7.21. The number of methoxy groups -OCH3 is 2. The van der Waals surface area contributed by atoms with Gasteiger partial charge in [-0.2, -0.15) is 0 Å². The van der Waals surface area contributed by atoms with E-state index < -0.39 is 0 Å². The normalized spacial score (nSPS) is 12.7. The van der Waals surface area contributed by atoms with Crippen LogP contribution in [0.2, 0.25) is 0 Å². The second-order valence-corrected chi connectivity index (χ2v) is 3.19. The Kier molecular flexibility index (Phi) is 4.45. The fraction of sp³-hybridized carbons (Fsp3) is 0.600. The molecule has 84 valence electrons. The highest BCUT2D eigenvalue weighted by atomic mass is 16.5. The first kappa shape index (κ1) is 11.9. The molecule has 1 aromatic rings. The highest BCUT2D eigenvalue weighted by Crippen LogP contribution is 2.14. The van der Waals surface area contributed by atoms with Crippen LogP contribution in [0.15, 0.2) is 10.9 Å². The minimum atomic E-state index is -0.178. The topological polar surface area (TPSA) is 64.2 Å². The van der Waals surface area contributed by atoms with Gasteiger partial charge in [-0.25, -0.2) is 4.98 Å². The zero-order valence-electron chi connectivity index (χ0n) is 9.24. The van der Waals surface area contributed by atoms with E-state index in [1.807, 2.05) is 6.92 Å². The lowest BCUT2D eigenvalue weighted by molar-refractivity contribution is 0.0914. The number of hydrogen-bond donors (Lipinski definition) is 1. The summed E-state index contributed by atoms with van der Waals surface area (Å²) < 4.78 is 10.1. The highest BCUT2D eigenvalue weighted by Gasteiger charge is 2.11. The SMILES string of the molecule is CCC(OC)c1nc(COC)cc(=O)[nH]1. The third-order valence-corrected chi connectivity index (χ3v) is 2.07. The second-order valence-electron chi connectivity index (χ2n) is 3.19. The summed E-state index contributed by atoms with van der Waals surface area (Å²) >= 11 is 0. The third-order valence-electron chi connectivity index (χ3n) is 2.07. The van der Waals surface area contributed by atoms with E-state index in [2.05, 4.69) is 9.97 Å². The Bertz CT molecular complexity index is 358. The van der Waals surface area contributed by atoms with E-state index in [9.17, 15) is 4.79 Å². The summed E-state index contributed by atoms with van der Waals surface area (Å²) in [7, 11) is 3.16. The van der Waals surface area contributed by atoms with Gasteiger partial charge in [0.25, 0.3) is 5.56 Å². The van der Waals surface area contributed by atoms with Gasteiger partial charge in [0.05, 0.1) is 12.3 Å². The summed E-state index contributed by atoms with van der Waals surface area (Å²) in [6.45, 7) is 2.30. The van der Waals surface area contributed by atoms with Crippen LogP contribution < -0.4 is 5.56 Å². The van der Waals surface area contributed by atoms with Crippen LogP contribution in [0.5, 0.6) is 0 Å². The molecule has 0 aromatic carbocycles. The first-order valence-corrected chi connectivity index (χ1v) is 4.83. The summed E-state index contributed by atoms with van der Waals surface area (Å²) in [5.74, 6) is 0.555. The summed E-state index contributed by atoms with van der Waals surface area (Å²) in [5.41, 5.74) is 0.439. The number of nitrogens with one attached hydrogen (secondary N) is 1. The van der Waals surface area contributed by atoms with Crippen molar-refractivity contribution < 1.29 is 9.47 Å². The number of ether oxygens (including phenoxy) is 2. The zero-order valence-corrected chi connectivity index (χ0v) is 9.24. The van der Waals surface area contributed by atoms with Crippen LogP contribution >= 0.6 is 0 Å². The molecule has 0 radical (unpaired) electrons. The maximum atomic E-state index is 11.3. The van der Waals surface area contributed by atoms with Gasteiger partial charge >= 0.3 is 0 Å². The molecule has 0 bridgehead atoms. The number of hydrogen-bond acceptors (Lipinski definition) is 4. The molecule has 5 nitrogen and oxygen atoms in total. The molecule has 0 amide bonds. The largest absolute Gasteiger partial charge is 0.378 e. The Balaban J connectivity index is 3.02. The van der Waals surface area contributed by atoms with Gasteiger partial charge < -0.3 is 14.5 Å². The van der Waals surface area contributed by atoms with Gasteiger partial charge in [0, 0.05) is 20.3 Å². The van der Waals surface area contributed by atoms with Crippen LogP contribution in [-0.2, 0) is 16.1 Å². The van der Waals surface area contributed by atoms with Gasteiger partial charge in [-0.05, 0) is 6.42 Å². The molecule has 5 heteroatoms. The third kappa shape index (κ3) is 3.14. The molecule has 1 N–H and O–H groups in total. The average Bonchev–Trinajstić information content (AvgIpc) is 2.19. The molecule has 0 aliphatic carbocycles. The molecular formula is C10H16N2O3. The van der Waals surface area contributed by atoms with Crippen LogP contribution in [-0.4, -0.2) is 24.2 Å². The summed E-state index contributed by atoms with van der Waals surface area (Å²) in [5, 5.41) is 0. The van der Waals surface area contributed by atoms with E-state index in [1.54, 1.807) is 14.2 Å². The van der Waals surface area contributed by atoms with Gasteiger partial charge in [-0.15, -0.1) is 0 Å². The lowest BCUT2D eigenvalue weighted by atomic mass is 10.2. The number of aromatic amines is 1. The van der Waals surface area contributed by atoms with E-state index in [-0.39, 0.29) is 11.7 Å². The van der Waals surface area contributed by atoms with Gasteiger partial charge in [0.15, 0.2) is 0 Å². The summed E-state index contributed by atoms with van der Waals surface area (Å²) in [4.78, 5) is 18.2. The van der Waals surface area contributed by atoms with Crippen LogP contribution in [0.25, 0.3) is 0 Å². The van der Waals surface area contributed by atoms with Crippen LogP contribution in [0.3, 0.4) is 0 Å². The van der Waals surface area contributed by atoms with Crippen molar-refractivity contribution >= 4 is 0 Å². The standard InChI is InChI=1S/C10H16N2O3/c1-4-8(15-3)10-11-7(6-14-2)5-9(13)12-10/h5,8H,4,6H2,1-3H3,(H,11,12,13). The predicted octanol–water partition coefficient (Wildman–Crippen LogP) is 1.01. The Hall–Kier alpha value is -1.20.